The Bertz CT molecular complexity index is 2240. The van der Waals surface area contributed by atoms with Crippen LogP contribution in [0.1, 0.15) is 64.5 Å². The Balaban J connectivity index is 0.00000561. The molecule has 2 heterocycles. The van der Waals surface area contributed by atoms with Gasteiger partial charge >= 0.3 is 29.6 Å². The number of allylic oxidation sites excluding steroid dienone is 8. The number of fused-ring (bicyclic) bond motifs is 6. The zero-order valence-electron chi connectivity index (χ0n) is 31.8. The van der Waals surface area contributed by atoms with Gasteiger partial charge in [0.15, 0.2) is 5.71 Å². The second-order valence-electron chi connectivity index (χ2n) is 14.6. The van der Waals surface area contributed by atoms with Crippen molar-refractivity contribution in [1.82, 2.24) is 0 Å². The SMILES string of the molecule is CC1(C)C(/C=C/C=C/C=C/C=C2/N(CCCCSOO[O-])c3ccc4ccccc4c3C2(C)C)=[N+](CCCCS(=O)(=O)[O-])c2ccc3ccccc3c21.[Na+]. The summed E-state index contributed by atoms with van der Waals surface area (Å²) >= 11 is 1.03. The number of anilines is 1. The number of hydrogen-bond donors (Lipinski definition) is 0. The van der Waals surface area contributed by atoms with Crippen molar-refractivity contribution in [2.75, 3.05) is 29.5 Å². The van der Waals surface area contributed by atoms with Gasteiger partial charge in [-0.25, -0.2) is 8.42 Å². The van der Waals surface area contributed by atoms with Gasteiger partial charge in [0.05, 0.1) is 15.5 Å². The maximum absolute atomic E-state index is 11.3. The first kappa shape index (κ1) is 42.1. The van der Waals surface area contributed by atoms with Gasteiger partial charge in [-0.2, -0.15) is 8.91 Å². The first-order chi connectivity index (χ1) is 25.4. The van der Waals surface area contributed by atoms with Crippen LogP contribution in [-0.2, 0) is 30.3 Å². The average molecular weight is 775 g/mol. The van der Waals surface area contributed by atoms with Crippen molar-refractivity contribution in [2.24, 2.45) is 0 Å². The molecule has 0 atom stereocenters. The van der Waals surface area contributed by atoms with Crippen molar-refractivity contribution in [3.63, 3.8) is 0 Å². The molecule has 0 saturated carbocycles. The van der Waals surface area contributed by atoms with Gasteiger partial charge in [0, 0.05) is 71.0 Å². The van der Waals surface area contributed by atoms with Crippen molar-refractivity contribution in [3.05, 3.63) is 132 Å². The molecule has 0 saturated heterocycles. The summed E-state index contributed by atoms with van der Waals surface area (Å²) < 4.78 is 40.5. The van der Waals surface area contributed by atoms with E-state index in [9.17, 15) is 18.2 Å². The summed E-state index contributed by atoms with van der Waals surface area (Å²) in [6.07, 6.45) is 17.4. The molecule has 4 aromatic carbocycles. The molecule has 0 unspecified atom stereocenters. The molecule has 2 aliphatic heterocycles. The molecule has 0 aromatic heterocycles. The molecule has 0 fully saturated rings. The minimum absolute atomic E-state index is 0. The normalized spacial score (nSPS) is 17.1. The van der Waals surface area contributed by atoms with Gasteiger partial charge in [-0.05, 0) is 78.4 Å². The molecule has 54 heavy (non-hydrogen) atoms. The molecule has 278 valence electrons. The number of unbranched alkanes of at least 4 members (excludes halogenated alkanes) is 2. The van der Waals surface area contributed by atoms with Crippen LogP contribution in [0.3, 0.4) is 0 Å². The average Bonchev–Trinajstić information content (AvgIpc) is 3.49. The Morgan fingerprint density at radius 1 is 0.778 bits per heavy atom. The minimum Gasteiger partial charge on any atom is -0.748 e. The molecule has 0 bridgehead atoms. The van der Waals surface area contributed by atoms with Crippen molar-refractivity contribution in [1.29, 1.82) is 0 Å². The van der Waals surface area contributed by atoms with Crippen LogP contribution in [-0.4, -0.2) is 47.9 Å². The van der Waals surface area contributed by atoms with E-state index in [-0.39, 0.29) is 46.1 Å². The number of rotatable bonds is 16. The zero-order chi connectivity index (χ0) is 37.6. The predicted molar refractivity (Wildman–Crippen MR) is 214 cm³/mol. The molecule has 0 N–H and O–H groups in total. The fourth-order valence-electron chi connectivity index (χ4n) is 8.07. The van der Waals surface area contributed by atoms with Crippen LogP contribution in [0.4, 0.5) is 11.4 Å². The van der Waals surface area contributed by atoms with E-state index in [2.05, 4.69) is 150 Å². The maximum atomic E-state index is 11.3. The zero-order valence-corrected chi connectivity index (χ0v) is 35.4. The molecule has 11 heteroatoms. The van der Waals surface area contributed by atoms with Gasteiger partial charge in [0.25, 0.3) is 0 Å². The van der Waals surface area contributed by atoms with Gasteiger partial charge < -0.3 is 14.7 Å². The van der Waals surface area contributed by atoms with Crippen molar-refractivity contribution in [3.8, 4) is 0 Å². The fourth-order valence-corrected chi connectivity index (χ4v) is 9.06. The Morgan fingerprint density at radius 2 is 1.43 bits per heavy atom. The molecule has 2 aliphatic rings. The van der Waals surface area contributed by atoms with Gasteiger partial charge in [-0.3, -0.25) is 5.04 Å². The third-order valence-electron chi connectivity index (χ3n) is 10.4. The Kier molecular flexibility index (Phi) is 14.3. The van der Waals surface area contributed by atoms with E-state index >= 15 is 0 Å². The number of hydrogen-bond acceptors (Lipinski definition) is 8. The second kappa shape index (κ2) is 18.3. The molecular formula is C43H47N2NaO6S2. The number of nitrogens with zero attached hydrogens (tertiary/aromatic N) is 2. The van der Waals surface area contributed by atoms with E-state index in [1.807, 2.05) is 12.2 Å². The minimum atomic E-state index is -4.25. The van der Waals surface area contributed by atoms with Crippen LogP contribution in [0, 0.1) is 0 Å². The quantitative estimate of drug-likeness (QED) is 0.0209. The summed E-state index contributed by atoms with van der Waals surface area (Å²) in [5.41, 5.74) is 6.77. The van der Waals surface area contributed by atoms with Crippen LogP contribution in [0.15, 0.2) is 121 Å². The Hall–Kier alpha value is -3.03. The largest absolute Gasteiger partial charge is 1.00 e. The van der Waals surface area contributed by atoms with Gasteiger partial charge in [0.2, 0.25) is 5.69 Å². The molecule has 6 rings (SSSR count). The molecule has 8 nitrogen and oxygen atoms in total. The number of benzene rings is 4. The van der Waals surface area contributed by atoms with Crippen molar-refractivity contribution < 1.29 is 61.7 Å². The van der Waals surface area contributed by atoms with E-state index < -0.39 is 10.1 Å². The van der Waals surface area contributed by atoms with E-state index in [0.717, 1.165) is 42.8 Å². The van der Waals surface area contributed by atoms with Crippen LogP contribution >= 0.6 is 12.0 Å². The standard InChI is InChI=1S/C43H48N2O6S2.Na/c1-42(2)38(44(28-14-16-30-52-51-50-46)36-26-24-32-18-10-12-20-34(32)40(36)42)22-8-6-5-7-9-23-39-43(3,4)41-35-21-13-11-19-33(35)25-27-37(41)45(39)29-15-17-31-53(47,48)49;/h5-13,18-27H,14-17,28-31H2,1-4H3,(H-,46,47,48,49);/q;+1/p-1. The monoisotopic (exact) mass is 774 g/mol. The molecule has 0 amide bonds. The van der Waals surface area contributed by atoms with E-state index in [1.54, 1.807) is 0 Å². The summed E-state index contributed by atoms with van der Waals surface area (Å²) in [5, 5.41) is 18.5. The molecule has 4 aromatic rings. The van der Waals surface area contributed by atoms with Crippen molar-refractivity contribution in [2.45, 2.75) is 64.2 Å². The molecule has 0 radical (unpaired) electrons. The van der Waals surface area contributed by atoms with Crippen LogP contribution < -0.4 is 39.7 Å². The first-order valence-electron chi connectivity index (χ1n) is 18.2. The summed E-state index contributed by atoms with van der Waals surface area (Å²) in [7, 11) is -4.25. The molecule has 0 spiro atoms. The van der Waals surface area contributed by atoms with Gasteiger partial charge in [0.1, 0.15) is 6.54 Å². The van der Waals surface area contributed by atoms with E-state index in [4.69, 9.17) is 0 Å². The Morgan fingerprint density at radius 3 is 2.13 bits per heavy atom. The predicted octanol–water partition coefficient (Wildman–Crippen LogP) is 5.70. The van der Waals surface area contributed by atoms with Crippen LogP contribution in [0.2, 0.25) is 0 Å². The topological polar surface area (TPSA) is 105 Å². The fraction of sp³-hybridized carbons (Fsp3) is 0.326. The van der Waals surface area contributed by atoms with Gasteiger partial charge in [-0.15, -0.1) is 0 Å². The van der Waals surface area contributed by atoms with Crippen LogP contribution in [0.5, 0.6) is 0 Å². The molecular weight excluding hydrogens is 728 g/mol. The Labute approximate surface area is 346 Å². The van der Waals surface area contributed by atoms with Crippen LogP contribution in [0.25, 0.3) is 21.5 Å². The third kappa shape index (κ3) is 9.15. The van der Waals surface area contributed by atoms with Gasteiger partial charge in [-0.1, -0.05) is 98.8 Å². The summed E-state index contributed by atoms with van der Waals surface area (Å²) in [5.74, 6) is 0.320. The summed E-state index contributed by atoms with van der Waals surface area (Å²) in [4.78, 5) is 2.42. The second-order valence-corrected chi connectivity index (χ2v) is 16.9. The summed E-state index contributed by atoms with van der Waals surface area (Å²) in [6, 6.07) is 25.7. The van der Waals surface area contributed by atoms with Crippen molar-refractivity contribution >= 4 is 60.8 Å². The molecule has 0 aliphatic carbocycles. The van der Waals surface area contributed by atoms with E-state index in [1.165, 1.54) is 44.1 Å². The van der Waals surface area contributed by atoms with E-state index in [0.29, 0.717) is 25.1 Å². The maximum Gasteiger partial charge on any atom is 1.00 e. The first-order valence-corrected chi connectivity index (χ1v) is 20.6. The summed E-state index contributed by atoms with van der Waals surface area (Å²) in [6.45, 7) is 10.5. The third-order valence-corrected chi connectivity index (χ3v) is 11.8. The smallest absolute Gasteiger partial charge is 0.748 e.